The van der Waals surface area contributed by atoms with Gasteiger partial charge in [0.05, 0.1) is 12.4 Å². The minimum Gasteiger partial charge on any atom is -0.359 e. The molecule has 0 radical (unpaired) electrons. The zero-order valence-electron chi connectivity index (χ0n) is 11.6. The zero-order chi connectivity index (χ0) is 15.0. The maximum absolute atomic E-state index is 13.5. The molecule has 7 heteroatoms. The lowest BCUT2D eigenvalue weighted by atomic mass is 10.1. The summed E-state index contributed by atoms with van der Waals surface area (Å²) in [7, 11) is -1.98. The van der Waals surface area contributed by atoms with Crippen molar-refractivity contribution in [3.8, 4) is 0 Å². The Kier molecular flexibility index (Phi) is 7.08. The smallest absolute Gasteiger partial charge is 0.212 e. The summed E-state index contributed by atoms with van der Waals surface area (Å²) in [6, 6.07) is 5.49. The first kappa shape index (κ1) is 17.0. The van der Waals surface area contributed by atoms with Crippen molar-refractivity contribution in [3.05, 3.63) is 35.6 Å². The summed E-state index contributed by atoms with van der Waals surface area (Å²) in [6.45, 7) is 2.04. The van der Waals surface area contributed by atoms with Crippen LogP contribution in [0.2, 0.25) is 0 Å². The van der Waals surface area contributed by atoms with E-state index in [0.717, 1.165) is 0 Å². The molecule has 0 aliphatic heterocycles. The molecule has 0 amide bonds. The van der Waals surface area contributed by atoms with Crippen molar-refractivity contribution in [1.29, 1.82) is 0 Å². The standard InChI is InChI=1S/C13H20FNO4S/c1-11(12-6-3-4-7-13(12)14)15-20(16,17)9-5-8-19-10-18-2/h3-4,6-7,11,15H,5,8-10H2,1-2H3/t11-/m1/s1. The second kappa shape index (κ2) is 8.31. The molecule has 0 fully saturated rings. The highest BCUT2D eigenvalue weighted by molar-refractivity contribution is 7.89. The summed E-state index contributed by atoms with van der Waals surface area (Å²) >= 11 is 0. The van der Waals surface area contributed by atoms with Gasteiger partial charge in [0.15, 0.2) is 0 Å². The van der Waals surface area contributed by atoms with Crippen LogP contribution < -0.4 is 4.72 Å². The summed E-state index contributed by atoms with van der Waals surface area (Å²) < 4.78 is 49.4. The predicted octanol–water partition coefficient (Wildman–Crippen LogP) is 1.82. The fraction of sp³-hybridized carbons (Fsp3) is 0.538. The lowest BCUT2D eigenvalue weighted by Gasteiger charge is -2.15. The fourth-order valence-corrected chi connectivity index (χ4v) is 2.99. The van der Waals surface area contributed by atoms with Crippen LogP contribution in [0.4, 0.5) is 4.39 Å². The van der Waals surface area contributed by atoms with E-state index in [4.69, 9.17) is 4.74 Å². The van der Waals surface area contributed by atoms with Crippen molar-refractivity contribution in [3.63, 3.8) is 0 Å². The second-order valence-electron chi connectivity index (χ2n) is 4.35. The van der Waals surface area contributed by atoms with Crippen LogP contribution in [0.15, 0.2) is 24.3 Å². The van der Waals surface area contributed by atoms with Crippen molar-refractivity contribution in [2.45, 2.75) is 19.4 Å². The Morgan fingerprint density at radius 3 is 2.70 bits per heavy atom. The van der Waals surface area contributed by atoms with E-state index in [1.165, 1.54) is 13.2 Å². The van der Waals surface area contributed by atoms with E-state index in [1.807, 2.05) is 0 Å². The van der Waals surface area contributed by atoms with Crippen LogP contribution in [-0.4, -0.2) is 34.7 Å². The van der Waals surface area contributed by atoms with Gasteiger partial charge in [0.2, 0.25) is 10.0 Å². The monoisotopic (exact) mass is 305 g/mol. The predicted molar refractivity (Wildman–Crippen MR) is 74.2 cm³/mol. The average molecular weight is 305 g/mol. The van der Waals surface area contributed by atoms with Gasteiger partial charge in [-0.3, -0.25) is 0 Å². The minimum atomic E-state index is -3.47. The number of hydrogen-bond donors (Lipinski definition) is 1. The minimum absolute atomic E-state index is 0.0739. The number of benzene rings is 1. The van der Waals surface area contributed by atoms with Gasteiger partial charge in [-0.05, 0) is 19.4 Å². The van der Waals surface area contributed by atoms with E-state index in [2.05, 4.69) is 9.46 Å². The first-order valence-electron chi connectivity index (χ1n) is 6.27. The summed E-state index contributed by atoms with van der Waals surface area (Å²) in [4.78, 5) is 0. The lowest BCUT2D eigenvalue weighted by Crippen LogP contribution is -2.30. The molecular formula is C13H20FNO4S. The van der Waals surface area contributed by atoms with Gasteiger partial charge in [0.1, 0.15) is 12.6 Å². The van der Waals surface area contributed by atoms with Crippen LogP contribution in [0, 0.1) is 5.82 Å². The molecule has 0 aliphatic rings. The molecule has 114 valence electrons. The number of ether oxygens (including phenoxy) is 2. The van der Waals surface area contributed by atoms with E-state index >= 15 is 0 Å². The molecule has 0 aliphatic carbocycles. The first-order chi connectivity index (χ1) is 9.46. The molecule has 0 saturated heterocycles. The van der Waals surface area contributed by atoms with Crippen LogP contribution >= 0.6 is 0 Å². The highest BCUT2D eigenvalue weighted by Crippen LogP contribution is 2.17. The second-order valence-corrected chi connectivity index (χ2v) is 6.22. The third-order valence-corrected chi connectivity index (χ3v) is 4.17. The molecule has 1 rings (SSSR count). The van der Waals surface area contributed by atoms with Crippen molar-refractivity contribution < 1.29 is 22.3 Å². The number of hydrogen-bond acceptors (Lipinski definition) is 4. The van der Waals surface area contributed by atoms with E-state index in [-0.39, 0.29) is 12.5 Å². The highest BCUT2D eigenvalue weighted by atomic mass is 32.2. The zero-order valence-corrected chi connectivity index (χ0v) is 12.5. The van der Waals surface area contributed by atoms with Crippen molar-refractivity contribution in [1.82, 2.24) is 4.72 Å². The quantitative estimate of drug-likeness (QED) is 0.558. The Morgan fingerprint density at radius 2 is 2.05 bits per heavy atom. The summed E-state index contributed by atoms with van der Waals surface area (Å²) in [5, 5.41) is 0. The molecule has 0 spiro atoms. The molecule has 0 unspecified atom stereocenters. The SMILES string of the molecule is COCOCCCS(=O)(=O)N[C@H](C)c1ccccc1F. The van der Waals surface area contributed by atoms with Crippen molar-refractivity contribution >= 4 is 10.0 Å². The Bertz CT molecular complexity index is 507. The number of methoxy groups -OCH3 is 1. The number of sulfonamides is 1. The molecule has 0 saturated carbocycles. The molecular weight excluding hydrogens is 285 g/mol. The maximum atomic E-state index is 13.5. The molecule has 1 atom stereocenters. The van der Waals surface area contributed by atoms with Gasteiger partial charge >= 0.3 is 0 Å². The normalized spacial score (nSPS) is 13.3. The third-order valence-electron chi connectivity index (χ3n) is 2.63. The number of rotatable bonds is 9. The Balaban J connectivity index is 2.47. The average Bonchev–Trinajstić information content (AvgIpc) is 2.38. The summed E-state index contributed by atoms with van der Waals surface area (Å²) in [5.41, 5.74) is 0.326. The molecule has 0 heterocycles. The van der Waals surface area contributed by atoms with E-state index in [0.29, 0.717) is 18.6 Å². The van der Waals surface area contributed by atoms with Gasteiger partial charge < -0.3 is 9.47 Å². The molecule has 1 N–H and O–H groups in total. The third kappa shape index (κ3) is 5.96. The molecule has 0 aromatic heterocycles. The van der Waals surface area contributed by atoms with Gasteiger partial charge in [0, 0.05) is 18.7 Å². The molecule has 5 nitrogen and oxygen atoms in total. The largest absolute Gasteiger partial charge is 0.359 e. The first-order valence-corrected chi connectivity index (χ1v) is 7.92. The fourth-order valence-electron chi connectivity index (χ4n) is 1.71. The van der Waals surface area contributed by atoms with E-state index < -0.39 is 21.9 Å². The Labute approximate surface area is 119 Å². The number of nitrogens with one attached hydrogen (secondary N) is 1. The lowest BCUT2D eigenvalue weighted by molar-refractivity contribution is -0.0298. The van der Waals surface area contributed by atoms with Gasteiger partial charge in [-0.25, -0.2) is 17.5 Å². The highest BCUT2D eigenvalue weighted by Gasteiger charge is 2.17. The van der Waals surface area contributed by atoms with Crippen LogP contribution in [-0.2, 0) is 19.5 Å². The maximum Gasteiger partial charge on any atom is 0.212 e. The van der Waals surface area contributed by atoms with Crippen molar-refractivity contribution in [2.75, 3.05) is 26.3 Å². The molecule has 20 heavy (non-hydrogen) atoms. The Morgan fingerprint density at radius 1 is 1.35 bits per heavy atom. The van der Waals surface area contributed by atoms with E-state index in [1.54, 1.807) is 25.1 Å². The number of halogens is 1. The van der Waals surface area contributed by atoms with Crippen LogP contribution in [0.1, 0.15) is 24.9 Å². The Hall–Kier alpha value is -1.02. The van der Waals surface area contributed by atoms with Gasteiger partial charge in [-0.15, -0.1) is 0 Å². The van der Waals surface area contributed by atoms with E-state index in [9.17, 15) is 12.8 Å². The van der Waals surface area contributed by atoms with Gasteiger partial charge in [0.25, 0.3) is 0 Å². The van der Waals surface area contributed by atoms with Crippen LogP contribution in [0.25, 0.3) is 0 Å². The molecule has 1 aromatic carbocycles. The summed E-state index contributed by atoms with van der Waals surface area (Å²) in [6.07, 6.45) is 0.350. The molecule has 1 aromatic rings. The summed E-state index contributed by atoms with van der Waals surface area (Å²) in [5.74, 6) is -0.499. The van der Waals surface area contributed by atoms with Crippen LogP contribution in [0.3, 0.4) is 0 Å². The van der Waals surface area contributed by atoms with Gasteiger partial charge in [-0.2, -0.15) is 0 Å². The van der Waals surface area contributed by atoms with Gasteiger partial charge in [-0.1, -0.05) is 18.2 Å². The topological polar surface area (TPSA) is 64.6 Å². The van der Waals surface area contributed by atoms with Crippen LogP contribution in [0.5, 0.6) is 0 Å². The molecule has 0 bridgehead atoms. The van der Waals surface area contributed by atoms with Crippen molar-refractivity contribution in [2.24, 2.45) is 0 Å².